The van der Waals surface area contributed by atoms with Crippen molar-refractivity contribution in [2.75, 3.05) is 12.0 Å². The molecule has 2 aliphatic heterocycles. The van der Waals surface area contributed by atoms with Crippen molar-refractivity contribution in [1.82, 2.24) is 9.80 Å². The van der Waals surface area contributed by atoms with Gasteiger partial charge in [-0.15, -0.1) is 23.2 Å². The highest BCUT2D eigenvalue weighted by Gasteiger charge is 2.76. The molecule has 1 aromatic rings. The zero-order valence-corrected chi connectivity index (χ0v) is 21.4. The van der Waals surface area contributed by atoms with Gasteiger partial charge in [0.25, 0.3) is 11.8 Å². The minimum absolute atomic E-state index is 0.0211. The molecule has 7 nitrogen and oxygen atoms in total. The molecule has 3 fully saturated rings. The summed E-state index contributed by atoms with van der Waals surface area (Å²) in [5, 5.41) is 9.83. The summed E-state index contributed by atoms with van der Waals surface area (Å²) in [5.74, 6) is -4.14. The number of benzene rings is 1. The lowest BCUT2D eigenvalue weighted by Crippen LogP contribution is -2.60. The fourth-order valence-electron chi connectivity index (χ4n) is 6.30. The average Bonchev–Trinajstić information content (AvgIpc) is 3.13. The highest BCUT2D eigenvalue weighted by atomic mass is 79.9. The Labute approximate surface area is 215 Å². The molecule has 2 heterocycles. The molecule has 0 radical (unpaired) electrons. The first-order chi connectivity index (χ1) is 16.1. The molecule has 5 rings (SSSR count). The lowest BCUT2D eigenvalue weighted by Gasteiger charge is -2.50. The van der Waals surface area contributed by atoms with Gasteiger partial charge in [0.1, 0.15) is 5.75 Å². The number of alkyl halides is 3. The maximum absolute atomic E-state index is 13.6. The van der Waals surface area contributed by atoms with Gasteiger partial charge in [0.2, 0.25) is 11.8 Å². The standard InChI is InChI=1S/C24H23BrCl2N2O5/c1-2-9-28-19(31)15-8-7-14-16(17(15)20(28)32)10-23(26)21(33)29(11-25)22(34)24(23,27)18(14)12-3-5-13(30)6-4-12/h3-7,15-18,30H,2,8-11H2,1H3. The maximum atomic E-state index is 13.6. The minimum Gasteiger partial charge on any atom is -0.508 e. The van der Waals surface area contributed by atoms with E-state index >= 15 is 0 Å². The molecule has 0 bridgehead atoms. The summed E-state index contributed by atoms with van der Waals surface area (Å²) in [5.41, 5.74) is 1.29. The number of rotatable bonds is 4. The number of phenols is 1. The number of imide groups is 2. The van der Waals surface area contributed by atoms with E-state index in [-0.39, 0.29) is 29.4 Å². The molecule has 2 saturated heterocycles. The Kier molecular flexibility index (Phi) is 5.65. The number of likely N-dealkylation sites (tertiary alicyclic amines) is 2. The van der Waals surface area contributed by atoms with Gasteiger partial charge in [-0.25, -0.2) is 0 Å². The van der Waals surface area contributed by atoms with E-state index in [1.165, 1.54) is 17.0 Å². The van der Waals surface area contributed by atoms with Gasteiger partial charge in [-0.05, 0) is 42.9 Å². The van der Waals surface area contributed by atoms with Crippen LogP contribution in [0.4, 0.5) is 0 Å². The van der Waals surface area contributed by atoms with Crippen LogP contribution in [0.3, 0.4) is 0 Å². The van der Waals surface area contributed by atoms with E-state index < -0.39 is 45.2 Å². The van der Waals surface area contributed by atoms with Crippen LogP contribution in [0.15, 0.2) is 35.9 Å². The first kappa shape index (κ1) is 23.8. The number of aromatic hydroxyl groups is 1. The topological polar surface area (TPSA) is 95.0 Å². The predicted molar refractivity (Wildman–Crippen MR) is 128 cm³/mol. The summed E-state index contributed by atoms with van der Waals surface area (Å²) >= 11 is 17.4. The second-order valence-corrected chi connectivity index (χ2v) is 11.1. The van der Waals surface area contributed by atoms with Gasteiger partial charge in [0, 0.05) is 12.5 Å². The average molecular weight is 570 g/mol. The van der Waals surface area contributed by atoms with Crippen LogP contribution in [-0.4, -0.2) is 60.3 Å². The fourth-order valence-corrected chi connectivity index (χ4v) is 7.73. The summed E-state index contributed by atoms with van der Waals surface area (Å²) in [6, 6.07) is 6.27. The number of amides is 4. The van der Waals surface area contributed by atoms with E-state index in [1.807, 2.05) is 13.0 Å². The van der Waals surface area contributed by atoms with Crippen LogP contribution >= 0.6 is 39.1 Å². The Morgan fingerprint density at radius 3 is 2.32 bits per heavy atom. The smallest absolute Gasteiger partial charge is 0.254 e. The van der Waals surface area contributed by atoms with Gasteiger partial charge >= 0.3 is 0 Å². The number of carbonyl (C=O) groups is 4. The van der Waals surface area contributed by atoms with Gasteiger partial charge in [0.15, 0.2) is 9.75 Å². The normalized spacial score (nSPS) is 37.0. The summed E-state index contributed by atoms with van der Waals surface area (Å²) in [4.78, 5) is 52.2. The van der Waals surface area contributed by atoms with Gasteiger partial charge < -0.3 is 5.11 Å². The molecule has 2 aliphatic carbocycles. The number of fused-ring (bicyclic) bond motifs is 4. The summed E-state index contributed by atoms with van der Waals surface area (Å²) in [6.45, 7) is 2.25. The summed E-state index contributed by atoms with van der Waals surface area (Å²) in [6.07, 6.45) is 2.88. The lowest BCUT2D eigenvalue weighted by atomic mass is 9.56. The molecule has 6 unspecified atom stereocenters. The number of hydrogen-bond acceptors (Lipinski definition) is 5. The van der Waals surface area contributed by atoms with Crippen molar-refractivity contribution in [2.24, 2.45) is 17.8 Å². The number of hydrogen-bond donors (Lipinski definition) is 1. The number of halogens is 3. The van der Waals surface area contributed by atoms with E-state index in [4.69, 9.17) is 23.2 Å². The van der Waals surface area contributed by atoms with Crippen LogP contribution in [0.25, 0.3) is 0 Å². The van der Waals surface area contributed by atoms with Crippen molar-refractivity contribution in [1.29, 1.82) is 0 Å². The van der Waals surface area contributed by atoms with Gasteiger partial charge in [-0.3, -0.25) is 29.0 Å². The van der Waals surface area contributed by atoms with E-state index in [0.717, 1.165) is 10.5 Å². The number of allylic oxidation sites excluding steroid dienone is 2. The molecule has 4 amide bonds. The monoisotopic (exact) mass is 568 g/mol. The fraction of sp³-hybridized carbons (Fsp3) is 0.500. The second-order valence-electron chi connectivity index (χ2n) is 9.41. The molecule has 1 aromatic carbocycles. The minimum atomic E-state index is -1.82. The molecule has 1 saturated carbocycles. The van der Waals surface area contributed by atoms with Crippen LogP contribution in [0.5, 0.6) is 5.75 Å². The number of nitrogens with zero attached hydrogens (tertiary/aromatic N) is 2. The van der Waals surface area contributed by atoms with Crippen molar-refractivity contribution >= 4 is 62.8 Å². The third kappa shape index (κ3) is 2.88. The van der Waals surface area contributed by atoms with Crippen LogP contribution < -0.4 is 0 Å². The molecule has 34 heavy (non-hydrogen) atoms. The van der Waals surface area contributed by atoms with Crippen molar-refractivity contribution < 1.29 is 24.3 Å². The third-order valence-corrected chi connectivity index (χ3v) is 9.69. The Hall–Kier alpha value is -1.90. The second kappa shape index (κ2) is 8.07. The highest BCUT2D eigenvalue weighted by molar-refractivity contribution is 9.09. The zero-order chi connectivity index (χ0) is 24.6. The van der Waals surface area contributed by atoms with Gasteiger partial charge in [-0.1, -0.05) is 46.6 Å². The first-order valence-corrected chi connectivity index (χ1v) is 13.1. The van der Waals surface area contributed by atoms with E-state index in [9.17, 15) is 24.3 Å². The Morgan fingerprint density at radius 1 is 1.03 bits per heavy atom. The molecule has 0 spiro atoms. The summed E-state index contributed by atoms with van der Waals surface area (Å²) < 4.78 is 0. The molecular formula is C24H23BrCl2N2O5. The van der Waals surface area contributed by atoms with Crippen molar-refractivity contribution in [3.63, 3.8) is 0 Å². The molecule has 6 atom stereocenters. The van der Waals surface area contributed by atoms with E-state index in [1.54, 1.807) is 12.1 Å². The van der Waals surface area contributed by atoms with Crippen LogP contribution in [0.1, 0.15) is 37.7 Å². The number of phenolic OH excluding ortho intramolecular Hbond substituents is 1. The third-order valence-electron chi connectivity index (χ3n) is 7.78. The van der Waals surface area contributed by atoms with Crippen LogP contribution in [0, 0.1) is 17.8 Å². The lowest BCUT2D eigenvalue weighted by molar-refractivity contribution is -0.141. The van der Waals surface area contributed by atoms with Crippen LogP contribution in [0.2, 0.25) is 0 Å². The predicted octanol–water partition coefficient (Wildman–Crippen LogP) is 3.51. The van der Waals surface area contributed by atoms with Crippen molar-refractivity contribution in [3.8, 4) is 5.75 Å². The Balaban J connectivity index is 1.70. The zero-order valence-electron chi connectivity index (χ0n) is 18.3. The highest BCUT2D eigenvalue weighted by Crippen LogP contribution is 2.65. The summed E-state index contributed by atoms with van der Waals surface area (Å²) in [7, 11) is 0. The first-order valence-electron chi connectivity index (χ1n) is 11.3. The van der Waals surface area contributed by atoms with E-state index in [2.05, 4.69) is 15.9 Å². The Morgan fingerprint density at radius 2 is 1.71 bits per heavy atom. The van der Waals surface area contributed by atoms with Gasteiger partial charge in [0.05, 0.1) is 17.3 Å². The molecule has 1 N–H and O–H groups in total. The van der Waals surface area contributed by atoms with Crippen LogP contribution in [-0.2, 0) is 19.2 Å². The Bertz CT molecular complexity index is 1140. The molecule has 4 aliphatic rings. The molecule has 10 heteroatoms. The molecule has 180 valence electrons. The molecule has 0 aromatic heterocycles. The van der Waals surface area contributed by atoms with E-state index in [0.29, 0.717) is 24.9 Å². The quantitative estimate of drug-likeness (QED) is 0.259. The van der Waals surface area contributed by atoms with Crippen molar-refractivity contribution in [2.45, 2.75) is 41.9 Å². The number of carbonyl (C=O) groups excluding carboxylic acids is 4. The SMILES string of the molecule is CCCN1C(=O)C2CC=C3C(CC4(Cl)C(=O)N(CBr)C(=O)C4(Cl)C3c3ccc(O)cc3)C2C1=O. The molecular weight excluding hydrogens is 547 g/mol. The van der Waals surface area contributed by atoms with Gasteiger partial charge in [-0.2, -0.15) is 0 Å². The maximum Gasteiger partial charge on any atom is 0.254 e. The van der Waals surface area contributed by atoms with Crippen molar-refractivity contribution in [3.05, 3.63) is 41.5 Å². The largest absolute Gasteiger partial charge is 0.508 e.